The van der Waals surface area contributed by atoms with Gasteiger partial charge in [0.15, 0.2) is 0 Å². The molecule has 1 fully saturated rings. The van der Waals surface area contributed by atoms with Gasteiger partial charge in [0.2, 0.25) is 5.91 Å². The van der Waals surface area contributed by atoms with Gasteiger partial charge in [-0.25, -0.2) is 0 Å². The van der Waals surface area contributed by atoms with Crippen molar-refractivity contribution in [3.8, 4) is 0 Å². The highest BCUT2D eigenvalue weighted by molar-refractivity contribution is 7.86. The number of carbonyl (C=O) groups excluding carboxylic acids is 2. The lowest BCUT2D eigenvalue weighted by atomic mass is 9.95. The van der Waals surface area contributed by atoms with Gasteiger partial charge in [-0.05, 0) is 19.8 Å². The number of hydrogen-bond donors (Lipinski definition) is 1. The zero-order valence-corrected chi connectivity index (χ0v) is 13.3. The number of nitrogens with one attached hydrogen (secondary N) is 1. The first-order chi connectivity index (χ1) is 9.45. The molecule has 1 N–H and O–H groups in total. The summed E-state index contributed by atoms with van der Waals surface area (Å²) in [4.78, 5) is 23.4. The molecule has 1 amide bonds. The Bertz CT molecular complexity index is 366. The summed E-state index contributed by atoms with van der Waals surface area (Å²) in [6.07, 6.45) is 5.52. The summed E-state index contributed by atoms with van der Waals surface area (Å²) < 4.78 is 16.7. The van der Waals surface area contributed by atoms with Crippen LogP contribution in [0, 0.1) is 5.92 Å². The lowest BCUT2D eigenvalue weighted by Gasteiger charge is -2.24. The number of rotatable bonds is 6. The van der Waals surface area contributed by atoms with Gasteiger partial charge in [-0.2, -0.15) is 0 Å². The smallest absolute Gasteiger partial charge is 0.309 e. The highest BCUT2D eigenvalue weighted by Crippen LogP contribution is 2.17. The fourth-order valence-corrected chi connectivity index (χ4v) is 3.57. The van der Waals surface area contributed by atoms with E-state index in [-0.39, 0.29) is 17.7 Å². The molecule has 3 unspecified atom stereocenters. The van der Waals surface area contributed by atoms with Gasteiger partial charge in [0.25, 0.3) is 0 Å². The zero-order valence-electron chi connectivity index (χ0n) is 12.5. The first-order valence-corrected chi connectivity index (χ1v) is 8.59. The topological polar surface area (TPSA) is 72.5 Å². The van der Waals surface area contributed by atoms with Crippen molar-refractivity contribution in [2.75, 3.05) is 12.9 Å². The van der Waals surface area contributed by atoms with E-state index < -0.39 is 27.9 Å². The summed E-state index contributed by atoms with van der Waals surface area (Å²) in [5.41, 5.74) is 0. The van der Waals surface area contributed by atoms with E-state index in [2.05, 4.69) is 10.1 Å². The second-order valence-corrected chi connectivity index (χ2v) is 7.26. The van der Waals surface area contributed by atoms with Crippen LogP contribution < -0.4 is 5.32 Å². The SMILES string of the molecule is COC(=O)C(C)CS(=O)C(C)C(=O)NC1CCCCC1. The molecule has 1 rings (SSSR count). The Morgan fingerprint density at radius 2 is 1.85 bits per heavy atom. The van der Waals surface area contributed by atoms with Crippen molar-refractivity contribution < 1.29 is 18.5 Å². The molecule has 0 spiro atoms. The average Bonchev–Trinajstić information content (AvgIpc) is 2.46. The van der Waals surface area contributed by atoms with Gasteiger partial charge in [-0.1, -0.05) is 26.2 Å². The molecule has 0 heterocycles. The monoisotopic (exact) mass is 303 g/mol. The van der Waals surface area contributed by atoms with Crippen LogP contribution in [0.1, 0.15) is 46.0 Å². The van der Waals surface area contributed by atoms with Crippen molar-refractivity contribution in [2.45, 2.75) is 57.2 Å². The van der Waals surface area contributed by atoms with Crippen LogP contribution in [0.15, 0.2) is 0 Å². The molecule has 3 atom stereocenters. The average molecular weight is 303 g/mol. The standard InChI is InChI=1S/C14H25NO4S/c1-10(14(17)19-3)9-20(18)11(2)13(16)15-12-7-5-4-6-8-12/h10-12H,4-9H2,1-3H3,(H,15,16). The third-order valence-electron chi connectivity index (χ3n) is 3.73. The van der Waals surface area contributed by atoms with Crippen LogP contribution >= 0.6 is 0 Å². The van der Waals surface area contributed by atoms with E-state index in [1.54, 1.807) is 13.8 Å². The minimum atomic E-state index is -1.36. The van der Waals surface area contributed by atoms with Crippen molar-refractivity contribution in [2.24, 2.45) is 5.92 Å². The van der Waals surface area contributed by atoms with Crippen LogP contribution in [0.5, 0.6) is 0 Å². The number of esters is 1. The first-order valence-electron chi connectivity index (χ1n) is 7.21. The van der Waals surface area contributed by atoms with Crippen LogP contribution in [0.25, 0.3) is 0 Å². The number of carbonyl (C=O) groups is 2. The Kier molecular flexibility index (Phi) is 7.19. The molecule has 116 valence electrons. The van der Waals surface area contributed by atoms with E-state index in [1.807, 2.05) is 0 Å². The maximum Gasteiger partial charge on any atom is 0.309 e. The molecule has 1 aliphatic rings. The molecule has 0 aromatic carbocycles. The minimum absolute atomic E-state index is 0.159. The molecule has 20 heavy (non-hydrogen) atoms. The highest BCUT2D eigenvalue weighted by atomic mass is 32.2. The number of amides is 1. The van der Waals surface area contributed by atoms with Gasteiger partial charge >= 0.3 is 5.97 Å². The summed E-state index contributed by atoms with van der Waals surface area (Å²) in [7, 11) is -0.0578. The predicted molar refractivity (Wildman–Crippen MR) is 78.7 cm³/mol. The quantitative estimate of drug-likeness (QED) is 0.753. The second kappa shape index (κ2) is 8.39. The Labute approximate surface area is 123 Å². The lowest BCUT2D eigenvalue weighted by molar-refractivity contribution is -0.144. The van der Waals surface area contributed by atoms with Crippen LogP contribution in [0.2, 0.25) is 0 Å². The fourth-order valence-electron chi connectivity index (χ4n) is 2.34. The van der Waals surface area contributed by atoms with Crippen LogP contribution in [0.4, 0.5) is 0 Å². The predicted octanol–water partition coefficient (Wildman–Crippen LogP) is 1.38. The molecular weight excluding hydrogens is 278 g/mol. The molecule has 0 aliphatic heterocycles. The van der Waals surface area contributed by atoms with Crippen LogP contribution in [-0.2, 0) is 25.1 Å². The molecule has 1 aliphatic carbocycles. The van der Waals surface area contributed by atoms with Gasteiger partial charge in [0, 0.05) is 22.6 Å². The van der Waals surface area contributed by atoms with E-state index >= 15 is 0 Å². The summed E-state index contributed by atoms with van der Waals surface area (Å²) in [6, 6.07) is 0.216. The van der Waals surface area contributed by atoms with E-state index in [0.717, 1.165) is 25.7 Å². The molecule has 0 saturated heterocycles. The summed E-state index contributed by atoms with van der Waals surface area (Å²) in [6.45, 7) is 3.31. The first kappa shape index (κ1) is 17.1. The Morgan fingerprint density at radius 1 is 1.25 bits per heavy atom. The maximum absolute atomic E-state index is 12.1. The molecule has 5 nitrogen and oxygen atoms in total. The molecule has 0 radical (unpaired) electrons. The van der Waals surface area contributed by atoms with Gasteiger partial charge in [-0.3, -0.25) is 13.8 Å². The largest absolute Gasteiger partial charge is 0.469 e. The molecular formula is C14H25NO4S. The van der Waals surface area contributed by atoms with E-state index in [1.165, 1.54) is 13.5 Å². The van der Waals surface area contributed by atoms with E-state index in [4.69, 9.17) is 0 Å². The van der Waals surface area contributed by atoms with E-state index in [0.29, 0.717) is 0 Å². The maximum atomic E-state index is 12.1. The molecule has 6 heteroatoms. The second-order valence-electron chi connectivity index (χ2n) is 5.46. The van der Waals surface area contributed by atoms with Crippen molar-refractivity contribution in [1.82, 2.24) is 5.32 Å². The van der Waals surface area contributed by atoms with Crippen LogP contribution in [-0.4, -0.2) is 40.2 Å². The summed E-state index contributed by atoms with van der Waals surface area (Å²) >= 11 is 0. The molecule has 1 saturated carbocycles. The molecule has 0 aromatic heterocycles. The van der Waals surface area contributed by atoms with Crippen LogP contribution in [0.3, 0.4) is 0 Å². The molecule has 0 aromatic rings. The zero-order chi connectivity index (χ0) is 15.1. The fraction of sp³-hybridized carbons (Fsp3) is 0.857. The van der Waals surface area contributed by atoms with Gasteiger partial charge in [-0.15, -0.1) is 0 Å². The number of ether oxygens (including phenoxy) is 1. The normalized spacial score (nSPS) is 20.8. The Morgan fingerprint density at radius 3 is 2.40 bits per heavy atom. The van der Waals surface area contributed by atoms with Crippen molar-refractivity contribution in [3.05, 3.63) is 0 Å². The Balaban J connectivity index is 2.42. The van der Waals surface area contributed by atoms with Crippen molar-refractivity contribution >= 4 is 22.7 Å². The van der Waals surface area contributed by atoms with Gasteiger partial charge in [0.05, 0.1) is 13.0 Å². The number of methoxy groups -OCH3 is 1. The third-order valence-corrected chi connectivity index (χ3v) is 5.56. The van der Waals surface area contributed by atoms with Crippen molar-refractivity contribution in [1.29, 1.82) is 0 Å². The number of hydrogen-bond acceptors (Lipinski definition) is 4. The van der Waals surface area contributed by atoms with Gasteiger partial charge < -0.3 is 10.1 Å². The van der Waals surface area contributed by atoms with E-state index in [9.17, 15) is 13.8 Å². The minimum Gasteiger partial charge on any atom is -0.469 e. The third kappa shape index (κ3) is 5.23. The Hall–Kier alpha value is -0.910. The lowest BCUT2D eigenvalue weighted by Crippen LogP contribution is -2.43. The summed E-state index contributed by atoms with van der Waals surface area (Å²) in [5.74, 6) is -0.859. The highest BCUT2D eigenvalue weighted by Gasteiger charge is 2.26. The summed E-state index contributed by atoms with van der Waals surface area (Å²) in [5, 5.41) is 2.37. The molecule has 0 bridgehead atoms. The van der Waals surface area contributed by atoms with Gasteiger partial charge in [0.1, 0.15) is 5.25 Å². The van der Waals surface area contributed by atoms with Crippen molar-refractivity contribution in [3.63, 3.8) is 0 Å².